The molecule has 0 fully saturated rings. The minimum Gasteiger partial charge on any atom is -0.464 e. The predicted octanol–water partition coefficient (Wildman–Crippen LogP) is 10.6. The first kappa shape index (κ1) is 50.7. The summed E-state index contributed by atoms with van der Waals surface area (Å²) in [6.07, 6.45) is 39.4. The summed E-state index contributed by atoms with van der Waals surface area (Å²) in [6.45, 7) is 8.31. The van der Waals surface area contributed by atoms with Crippen molar-refractivity contribution in [2.24, 2.45) is 22.4 Å². The van der Waals surface area contributed by atoms with Gasteiger partial charge < -0.3 is 26.8 Å². The third-order valence-electron chi connectivity index (χ3n) is 10.2. The van der Waals surface area contributed by atoms with Crippen LogP contribution in [0.15, 0.2) is 4.99 Å². The molecule has 0 saturated heterocycles. The van der Waals surface area contributed by atoms with Gasteiger partial charge in [0.05, 0.1) is 6.61 Å². The van der Waals surface area contributed by atoms with Crippen molar-refractivity contribution >= 4 is 23.7 Å². The number of unbranched alkanes of at least 4 members (excludes halogenated alkanes) is 27. The SMILES string of the molecule is CCCCCCCCCCCCCCCCCCCCCCCCCCCCCCOC(=O)[C@H](CCCN=C(N)N)NC(=O)[C@H](CC(C)C)NC(C)=O. The Bertz CT molecular complexity index is 893. The van der Waals surface area contributed by atoms with E-state index in [1.54, 1.807) is 0 Å². The Morgan fingerprint density at radius 2 is 0.925 bits per heavy atom. The number of hydrogen-bond donors (Lipinski definition) is 4. The Morgan fingerprint density at radius 1 is 0.547 bits per heavy atom. The maximum atomic E-state index is 13.0. The number of esters is 1. The number of nitrogens with zero attached hydrogens (tertiary/aromatic N) is 1. The van der Waals surface area contributed by atoms with E-state index in [9.17, 15) is 14.4 Å². The molecule has 0 saturated carbocycles. The van der Waals surface area contributed by atoms with E-state index in [0.717, 1.165) is 19.3 Å². The van der Waals surface area contributed by atoms with Gasteiger partial charge in [-0.25, -0.2) is 4.79 Å². The lowest BCUT2D eigenvalue weighted by atomic mass is 10.0. The first-order valence-electron chi connectivity index (χ1n) is 22.5. The molecular weight excluding hydrogens is 663 g/mol. The van der Waals surface area contributed by atoms with Crippen LogP contribution in [0.25, 0.3) is 0 Å². The summed E-state index contributed by atoms with van der Waals surface area (Å²) >= 11 is 0. The third kappa shape index (κ3) is 36.4. The minimum atomic E-state index is -0.820. The molecule has 0 aromatic heterocycles. The summed E-state index contributed by atoms with van der Waals surface area (Å²) in [6, 6.07) is -1.53. The molecule has 0 unspecified atom stereocenters. The molecule has 2 atom stereocenters. The topological polar surface area (TPSA) is 149 Å². The van der Waals surface area contributed by atoms with Gasteiger partial charge in [-0.2, -0.15) is 0 Å². The summed E-state index contributed by atoms with van der Waals surface area (Å²) in [7, 11) is 0. The molecule has 0 aliphatic rings. The lowest BCUT2D eigenvalue weighted by Crippen LogP contribution is -2.52. The van der Waals surface area contributed by atoms with Gasteiger partial charge in [-0.15, -0.1) is 0 Å². The maximum absolute atomic E-state index is 13.0. The van der Waals surface area contributed by atoms with Crippen LogP contribution in [0.1, 0.15) is 227 Å². The summed E-state index contributed by atoms with van der Waals surface area (Å²) < 4.78 is 5.56. The van der Waals surface area contributed by atoms with Gasteiger partial charge in [0, 0.05) is 13.5 Å². The van der Waals surface area contributed by atoms with Crippen molar-refractivity contribution < 1.29 is 19.1 Å². The number of carbonyl (C=O) groups excluding carboxylic acids is 3. The van der Waals surface area contributed by atoms with E-state index in [1.165, 1.54) is 167 Å². The summed E-state index contributed by atoms with van der Waals surface area (Å²) in [4.78, 5) is 41.5. The standard InChI is InChI=1S/C44H87N5O4/c1-5-6-7-8-9-10-11-12-13-14-15-16-17-18-19-20-21-22-23-24-25-26-27-28-29-30-31-32-36-53-43(52)40(34-33-35-47-44(45)46)49-42(51)41(37-38(2)3)48-39(4)50/h38,40-41H,5-37H2,1-4H3,(H,48,50)(H,49,51)(H4,45,46,47)/t40-,41-/m0/s1. The molecule has 2 amide bonds. The molecule has 0 aromatic rings. The van der Waals surface area contributed by atoms with E-state index in [1.807, 2.05) is 13.8 Å². The quantitative estimate of drug-likeness (QED) is 0.0213. The monoisotopic (exact) mass is 750 g/mol. The normalized spacial score (nSPS) is 12.4. The van der Waals surface area contributed by atoms with Crippen molar-refractivity contribution in [2.75, 3.05) is 13.2 Å². The molecule has 0 aliphatic heterocycles. The maximum Gasteiger partial charge on any atom is 0.328 e. The average molecular weight is 750 g/mol. The van der Waals surface area contributed by atoms with Gasteiger partial charge in [-0.3, -0.25) is 14.6 Å². The van der Waals surface area contributed by atoms with Crippen LogP contribution >= 0.6 is 0 Å². The fourth-order valence-corrected chi connectivity index (χ4v) is 7.02. The Hall–Kier alpha value is -2.32. The Labute approximate surface area is 327 Å². The van der Waals surface area contributed by atoms with Gasteiger partial charge in [0.15, 0.2) is 5.96 Å². The summed E-state index contributed by atoms with van der Waals surface area (Å²) in [5.74, 6) is -0.953. The van der Waals surface area contributed by atoms with Gasteiger partial charge in [0.1, 0.15) is 12.1 Å². The van der Waals surface area contributed by atoms with Crippen LogP contribution < -0.4 is 22.1 Å². The summed E-state index contributed by atoms with van der Waals surface area (Å²) in [5, 5.41) is 5.50. The Balaban J connectivity index is 3.78. The van der Waals surface area contributed by atoms with Crippen LogP contribution in [0.5, 0.6) is 0 Å². The molecule has 0 aromatic carbocycles. The van der Waals surface area contributed by atoms with Crippen molar-refractivity contribution in [3.8, 4) is 0 Å². The van der Waals surface area contributed by atoms with Crippen molar-refractivity contribution in [1.82, 2.24) is 10.6 Å². The molecule has 0 rings (SSSR count). The highest BCUT2D eigenvalue weighted by molar-refractivity contribution is 5.90. The number of nitrogens with two attached hydrogens (primary N) is 2. The van der Waals surface area contributed by atoms with E-state index >= 15 is 0 Å². The predicted molar refractivity (Wildman–Crippen MR) is 225 cm³/mol. The van der Waals surface area contributed by atoms with Crippen LogP contribution in [-0.4, -0.2) is 49.0 Å². The molecule has 0 bridgehead atoms. The number of aliphatic imine (C=N–C) groups is 1. The van der Waals surface area contributed by atoms with Gasteiger partial charge in [0.25, 0.3) is 0 Å². The van der Waals surface area contributed by atoms with Gasteiger partial charge >= 0.3 is 5.97 Å². The molecule has 6 N–H and O–H groups in total. The van der Waals surface area contributed by atoms with Crippen LogP contribution in [0.4, 0.5) is 0 Å². The number of hydrogen-bond acceptors (Lipinski definition) is 5. The van der Waals surface area contributed by atoms with Gasteiger partial charge in [-0.1, -0.05) is 194 Å². The van der Waals surface area contributed by atoms with E-state index < -0.39 is 18.1 Å². The molecule has 312 valence electrons. The lowest BCUT2D eigenvalue weighted by molar-refractivity contribution is -0.148. The second-order valence-electron chi connectivity index (χ2n) is 16.1. The van der Waals surface area contributed by atoms with Crippen molar-refractivity contribution in [3.63, 3.8) is 0 Å². The largest absolute Gasteiger partial charge is 0.464 e. The number of carbonyl (C=O) groups is 3. The molecule has 9 nitrogen and oxygen atoms in total. The fourth-order valence-electron chi connectivity index (χ4n) is 7.02. The number of nitrogens with one attached hydrogen (secondary N) is 2. The van der Waals surface area contributed by atoms with Crippen LogP contribution in [0.2, 0.25) is 0 Å². The highest BCUT2D eigenvalue weighted by Gasteiger charge is 2.27. The summed E-state index contributed by atoms with van der Waals surface area (Å²) in [5.41, 5.74) is 10.8. The number of rotatable bonds is 39. The number of amides is 2. The van der Waals surface area contributed by atoms with Crippen LogP contribution in [0, 0.1) is 5.92 Å². The van der Waals surface area contributed by atoms with E-state index in [0.29, 0.717) is 32.4 Å². The van der Waals surface area contributed by atoms with E-state index in [-0.39, 0.29) is 23.7 Å². The highest BCUT2D eigenvalue weighted by atomic mass is 16.5. The molecule has 0 radical (unpaired) electrons. The number of ether oxygens (including phenoxy) is 1. The molecule has 53 heavy (non-hydrogen) atoms. The first-order valence-corrected chi connectivity index (χ1v) is 22.5. The smallest absolute Gasteiger partial charge is 0.328 e. The Kier molecular flexibility index (Phi) is 36.3. The van der Waals surface area contributed by atoms with E-state index in [4.69, 9.17) is 16.2 Å². The molecule has 0 heterocycles. The second-order valence-corrected chi connectivity index (χ2v) is 16.1. The van der Waals surface area contributed by atoms with E-state index in [2.05, 4.69) is 22.5 Å². The Morgan fingerprint density at radius 3 is 1.26 bits per heavy atom. The number of guanidine groups is 1. The van der Waals surface area contributed by atoms with Crippen molar-refractivity contribution in [1.29, 1.82) is 0 Å². The highest BCUT2D eigenvalue weighted by Crippen LogP contribution is 2.16. The molecular formula is C44H87N5O4. The van der Waals surface area contributed by atoms with Crippen LogP contribution in [-0.2, 0) is 19.1 Å². The second kappa shape index (κ2) is 38.0. The molecule has 0 aliphatic carbocycles. The fraction of sp³-hybridized carbons (Fsp3) is 0.909. The first-order chi connectivity index (χ1) is 25.7. The zero-order valence-electron chi connectivity index (χ0n) is 35.3. The van der Waals surface area contributed by atoms with Crippen molar-refractivity contribution in [2.45, 2.75) is 239 Å². The lowest BCUT2D eigenvalue weighted by Gasteiger charge is -2.23. The zero-order valence-corrected chi connectivity index (χ0v) is 35.3. The van der Waals surface area contributed by atoms with Gasteiger partial charge in [0.2, 0.25) is 11.8 Å². The average Bonchev–Trinajstić information content (AvgIpc) is 3.11. The van der Waals surface area contributed by atoms with Gasteiger partial charge in [-0.05, 0) is 31.6 Å². The van der Waals surface area contributed by atoms with Crippen molar-refractivity contribution in [3.05, 3.63) is 0 Å². The van der Waals surface area contributed by atoms with Crippen LogP contribution in [0.3, 0.4) is 0 Å². The molecule has 0 spiro atoms. The zero-order chi connectivity index (χ0) is 39.2. The molecule has 9 heteroatoms. The third-order valence-corrected chi connectivity index (χ3v) is 10.2. The minimum absolute atomic E-state index is 0.0122.